The summed E-state index contributed by atoms with van der Waals surface area (Å²) in [4.78, 5) is 31.9. The van der Waals surface area contributed by atoms with Gasteiger partial charge >= 0.3 is 5.97 Å². The molecule has 3 heterocycles. The Hall–Kier alpha value is -5.83. The van der Waals surface area contributed by atoms with Crippen LogP contribution in [0.25, 0.3) is 0 Å². The molecule has 0 aliphatic carbocycles. The molecule has 4 aromatic carbocycles. The van der Waals surface area contributed by atoms with E-state index in [0.29, 0.717) is 22.6 Å². The Morgan fingerprint density at radius 2 is 1.39 bits per heavy atom. The first-order valence-electron chi connectivity index (χ1n) is 16.7. The number of benzene rings is 4. The second-order valence-corrected chi connectivity index (χ2v) is 11.8. The molecule has 9 nitrogen and oxygen atoms in total. The maximum atomic E-state index is 14.5. The third-order valence-corrected chi connectivity index (χ3v) is 9.40. The number of hydrazone groups is 1. The quantitative estimate of drug-likeness (QED) is 0.0855. The number of rotatable bonds is 10. The van der Waals surface area contributed by atoms with E-state index in [9.17, 15) is 9.59 Å². The summed E-state index contributed by atoms with van der Waals surface area (Å²) in [6, 6.07) is 30.3. The van der Waals surface area contributed by atoms with Gasteiger partial charge in [-0.3, -0.25) is 4.79 Å². The molecule has 0 saturated carbocycles. The predicted molar refractivity (Wildman–Crippen MR) is 190 cm³/mol. The fourth-order valence-electron chi connectivity index (χ4n) is 6.99. The van der Waals surface area contributed by atoms with E-state index in [4.69, 9.17) is 19.0 Å². The zero-order valence-electron chi connectivity index (χ0n) is 28.1. The highest BCUT2D eigenvalue weighted by atomic mass is 16.5. The van der Waals surface area contributed by atoms with Crippen LogP contribution >= 0.6 is 0 Å². The van der Waals surface area contributed by atoms with Crippen molar-refractivity contribution in [1.29, 1.82) is 0 Å². The Morgan fingerprint density at radius 3 is 2.00 bits per heavy atom. The van der Waals surface area contributed by atoms with Crippen molar-refractivity contribution in [1.82, 2.24) is 5.01 Å². The number of hydrogen-bond donors (Lipinski definition) is 0. The van der Waals surface area contributed by atoms with Crippen molar-refractivity contribution in [2.45, 2.75) is 33.2 Å². The first-order chi connectivity index (χ1) is 23.9. The molecule has 0 unspecified atom stereocenters. The van der Waals surface area contributed by atoms with Gasteiger partial charge in [0.1, 0.15) is 22.8 Å². The minimum absolute atomic E-state index is 0.0828. The average molecular weight is 655 g/mol. The lowest BCUT2D eigenvalue weighted by Crippen LogP contribution is -2.44. The highest BCUT2D eigenvalue weighted by molar-refractivity contribution is 6.03. The van der Waals surface area contributed by atoms with E-state index in [0.717, 1.165) is 54.2 Å². The molecule has 49 heavy (non-hydrogen) atoms. The molecule has 1 spiro atoms. The smallest absolute Gasteiger partial charge is 0.379 e. The largest absolute Gasteiger partial charge is 0.457 e. The predicted octanol–water partition coefficient (Wildman–Crippen LogP) is 8.08. The molecule has 2 aliphatic heterocycles. The maximum absolute atomic E-state index is 14.5. The van der Waals surface area contributed by atoms with E-state index in [1.54, 1.807) is 41.6 Å². The molecule has 0 radical (unpaired) electrons. The summed E-state index contributed by atoms with van der Waals surface area (Å²) in [6.45, 7) is 11.9. The van der Waals surface area contributed by atoms with Gasteiger partial charge in [0.15, 0.2) is 0 Å². The van der Waals surface area contributed by atoms with Gasteiger partial charge in [-0.1, -0.05) is 42.5 Å². The third kappa shape index (κ3) is 5.22. The van der Waals surface area contributed by atoms with Crippen molar-refractivity contribution in [3.63, 3.8) is 0 Å². The van der Waals surface area contributed by atoms with Gasteiger partial charge in [0, 0.05) is 77.5 Å². The van der Waals surface area contributed by atoms with Gasteiger partial charge in [-0.15, -0.1) is 0 Å². The first-order valence-corrected chi connectivity index (χ1v) is 16.7. The Kier molecular flexibility index (Phi) is 8.42. The summed E-state index contributed by atoms with van der Waals surface area (Å²) in [7, 11) is 0. The summed E-state index contributed by atoms with van der Waals surface area (Å²) in [6.07, 6.45) is 2.99. The molecule has 0 atom stereocenters. The molecule has 7 rings (SSSR count). The Morgan fingerprint density at radius 1 is 0.776 bits per heavy atom. The van der Waals surface area contributed by atoms with Crippen molar-refractivity contribution in [3.8, 4) is 17.2 Å². The summed E-state index contributed by atoms with van der Waals surface area (Å²) in [5.41, 5.74) is 4.41. The molecule has 1 amide bonds. The molecule has 0 bridgehead atoms. The Labute approximate surface area is 286 Å². The van der Waals surface area contributed by atoms with Crippen LogP contribution in [0.1, 0.15) is 70.9 Å². The second-order valence-electron chi connectivity index (χ2n) is 11.8. The van der Waals surface area contributed by atoms with Gasteiger partial charge in [-0.2, -0.15) is 5.10 Å². The molecule has 0 fully saturated rings. The molecule has 9 heteroatoms. The van der Waals surface area contributed by atoms with Crippen LogP contribution in [0, 0.1) is 0 Å². The van der Waals surface area contributed by atoms with Crippen molar-refractivity contribution in [2.24, 2.45) is 5.10 Å². The lowest BCUT2D eigenvalue weighted by atomic mass is 9.75. The van der Waals surface area contributed by atoms with Crippen LogP contribution in [0.5, 0.6) is 17.2 Å². The fourth-order valence-corrected chi connectivity index (χ4v) is 6.99. The van der Waals surface area contributed by atoms with E-state index >= 15 is 0 Å². The van der Waals surface area contributed by atoms with Crippen molar-refractivity contribution >= 4 is 29.5 Å². The van der Waals surface area contributed by atoms with Crippen molar-refractivity contribution in [3.05, 3.63) is 137 Å². The number of hydrogen-bond acceptors (Lipinski definition) is 8. The van der Waals surface area contributed by atoms with Gasteiger partial charge in [0.2, 0.25) is 5.76 Å². The van der Waals surface area contributed by atoms with Crippen LogP contribution in [0.3, 0.4) is 0 Å². The number of esters is 1. The monoisotopic (exact) mass is 654 g/mol. The van der Waals surface area contributed by atoms with Gasteiger partial charge in [-0.25, -0.2) is 9.80 Å². The zero-order valence-corrected chi connectivity index (χ0v) is 28.1. The van der Waals surface area contributed by atoms with Gasteiger partial charge in [-0.05, 0) is 70.2 Å². The Bertz CT molecular complexity index is 1980. The molecule has 1 aromatic heterocycles. The molecule has 0 saturated heterocycles. The summed E-state index contributed by atoms with van der Waals surface area (Å²) in [5, 5.41) is 6.49. The average Bonchev–Trinajstić information content (AvgIpc) is 3.75. The molecular formula is C40H38N4O5. The Balaban J connectivity index is 1.43. The maximum Gasteiger partial charge on any atom is 0.379 e. The number of furan rings is 1. The number of carbonyl (C=O) groups is 2. The van der Waals surface area contributed by atoms with Crippen molar-refractivity contribution in [2.75, 3.05) is 36.0 Å². The van der Waals surface area contributed by atoms with Gasteiger partial charge in [0.05, 0.1) is 12.5 Å². The van der Waals surface area contributed by atoms with E-state index in [1.165, 1.54) is 6.26 Å². The summed E-state index contributed by atoms with van der Waals surface area (Å²) < 4.78 is 17.7. The fraction of sp³-hybridized carbons (Fsp3) is 0.225. The third-order valence-electron chi connectivity index (χ3n) is 9.40. The van der Waals surface area contributed by atoms with Crippen LogP contribution in [0.4, 0.5) is 11.4 Å². The zero-order chi connectivity index (χ0) is 34.1. The van der Waals surface area contributed by atoms with Crippen molar-refractivity contribution < 1.29 is 23.5 Å². The molecule has 0 N–H and O–H groups in total. The normalized spacial score (nSPS) is 14.0. The number of amides is 1. The van der Waals surface area contributed by atoms with E-state index in [-0.39, 0.29) is 17.4 Å². The summed E-state index contributed by atoms with van der Waals surface area (Å²) in [5.74, 6) is 0.798. The van der Waals surface area contributed by atoms with Crippen LogP contribution < -0.4 is 19.3 Å². The molecule has 5 aromatic rings. The number of para-hydroxylation sites is 1. The lowest BCUT2D eigenvalue weighted by Gasteiger charge is -2.42. The number of anilines is 2. The standard InChI is InChI=1S/C40H38N4O5/c1-5-42(6-2)28-19-21-32-36(24-28)48-37-25-29(43(7-3)8-4)20-22-33(37)40(32)31-16-11-10-15-30(31)38(45)44(40)41-26-27-14-9-12-17-34(27)49-39(46)35-18-13-23-47-35/h9-26H,5-8H2,1-4H3/b41-26+. The number of fused-ring (bicyclic) bond motifs is 6. The van der Waals surface area contributed by atoms with Crippen LogP contribution in [0.15, 0.2) is 113 Å². The van der Waals surface area contributed by atoms with E-state index < -0.39 is 11.5 Å². The molecule has 2 aliphatic rings. The first kappa shape index (κ1) is 31.8. The van der Waals surface area contributed by atoms with Gasteiger partial charge in [0.25, 0.3) is 5.91 Å². The molecular weight excluding hydrogens is 616 g/mol. The van der Waals surface area contributed by atoms with Crippen LogP contribution in [-0.4, -0.2) is 49.3 Å². The SMILES string of the molecule is CCN(CC)c1ccc2c(c1)Oc1cc(N(CC)CC)ccc1C21c2ccccc2C(=O)N1/N=C/c1ccccc1OC(=O)c1ccco1. The number of ether oxygens (including phenoxy) is 2. The van der Waals surface area contributed by atoms with Crippen LogP contribution in [-0.2, 0) is 5.54 Å². The number of nitrogens with zero attached hydrogens (tertiary/aromatic N) is 4. The minimum atomic E-state index is -1.14. The molecule has 248 valence electrons. The van der Waals surface area contributed by atoms with Gasteiger partial charge < -0.3 is 23.7 Å². The number of carbonyl (C=O) groups excluding carboxylic acids is 2. The summed E-state index contributed by atoms with van der Waals surface area (Å²) >= 11 is 0. The van der Waals surface area contributed by atoms with E-state index in [1.807, 2.05) is 30.3 Å². The second kappa shape index (κ2) is 13.0. The topological polar surface area (TPSA) is 87.8 Å². The van der Waals surface area contributed by atoms with Crippen LogP contribution in [0.2, 0.25) is 0 Å². The lowest BCUT2D eigenvalue weighted by molar-refractivity contribution is 0.0670. The minimum Gasteiger partial charge on any atom is -0.457 e. The highest BCUT2D eigenvalue weighted by Crippen LogP contribution is 2.58. The highest BCUT2D eigenvalue weighted by Gasteiger charge is 2.57. The van der Waals surface area contributed by atoms with E-state index in [2.05, 4.69) is 73.9 Å².